The first-order chi connectivity index (χ1) is 2.91. The fraction of sp³-hybridized carbons (Fsp3) is 1.00. The van der Waals surface area contributed by atoms with Gasteiger partial charge in [-0.2, -0.15) is 7.05 Å². The Morgan fingerprint density at radius 3 is 2.29 bits per heavy atom. The minimum Gasteiger partial charge on any atom is -0.664 e. The SMILES string of the molecule is C[N-]CCNC.[K+]. The van der Waals surface area contributed by atoms with Crippen molar-refractivity contribution < 1.29 is 51.4 Å². The summed E-state index contributed by atoms with van der Waals surface area (Å²) in [5.41, 5.74) is 0. The summed E-state index contributed by atoms with van der Waals surface area (Å²) in [4.78, 5) is 0. The van der Waals surface area contributed by atoms with E-state index in [1.54, 1.807) is 0 Å². The molecule has 0 rings (SSSR count). The van der Waals surface area contributed by atoms with Crippen LogP contribution in [0, 0.1) is 0 Å². The van der Waals surface area contributed by atoms with Crippen molar-refractivity contribution in [2.45, 2.75) is 0 Å². The zero-order valence-electron chi connectivity index (χ0n) is 5.36. The predicted octanol–water partition coefficient (Wildman–Crippen LogP) is -2.79. The molecule has 0 amide bonds. The molecule has 7 heavy (non-hydrogen) atoms. The average Bonchev–Trinajstić information content (AvgIpc) is 1.61. The molecule has 0 aliphatic rings. The normalized spacial score (nSPS) is 7.71. The molecule has 0 aromatic heterocycles. The Morgan fingerprint density at radius 1 is 1.57 bits per heavy atom. The molecular weight excluding hydrogens is 115 g/mol. The molecule has 0 aromatic carbocycles. The molecule has 1 N–H and O–H groups in total. The van der Waals surface area contributed by atoms with Gasteiger partial charge in [-0.25, -0.2) is 0 Å². The molecule has 0 aromatic rings. The van der Waals surface area contributed by atoms with Gasteiger partial charge in [0.05, 0.1) is 0 Å². The van der Waals surface area contributed by atoms with E-state index in [2.05, 4.69) is 10.6 Å². The molecule has 0 bridgehead atoms. The van der Waals surface area contributed by atoms with Crippen LogP contribution in [0.4, 0.5) is 0 Å². The second-order valence-corrected chi connectivity index (χ2v) is 1.14. The van der Waals surface area contributed by atoms with Gasteiger partial charge in [0.2, 0.25) is 0 Å². The Labute approximate surface area is 87.9 Å². The van der Waals surface area contributed by atoms with Crippen LogP contribution in [0.25, 0.3) is 5.32 Å². The first-order valence-corrected chi connectivity index (χ1v) is 2.12. The van der Waals surface area contributed by atoms with Crippen molar-refractivity contribution in [3.8, 4) is 0 Å². The van der Waals surface area contributed by atoms with Gasteiger partial charge < -0.3 is 10.6 Å². The zero-order chi connectivity index (χ0) is 4.83. The maximum Gasteiger partial charge on any atom is 1.00 e. The van der Waals surface area contributed by atoms with Gasteiger partial charge >= 0.3 is 51.4 Å². The molecule has 2 nitrogen and oxygen atoms in total. The van der Waals surface area contributed by atoms with Crippen LogP contribution in [0.2, 0.25) is 0 Å². The van der Waals surface area contributed by atoms with Gasteiger partial charge in [-0.15, -0.1) is 6.54 Å². The minimum absolute atomic E-state index is 0. The van der Waals surface area contributed by atoms with Crippen LogP contribution >= 0.6 is 0 Å². The molecule has 3 heteroatoms. The van der Waals surface area contributed by atoms with Crippen LogP contribution in [0.15, 0.2) is 0 Å². The van der Waals surface area contributed by atoms with Crippen LogP contribution in [0.5, 0.6) is 0 Å². The summed E-state index contributed by atoms with van der Waals surface area (Å²) in [6.07, 6.45) is 0. The van der Waals surface area contributed by atoms with Crippen LogP contribution in [-0.4, -0.2) is 27.2 Å². The number of hydrogen-bond acceptors (Lipinski definition) is 1. The second kappa shape index (κ2) is 10.5. The predicted molar refractivity (Wildman–Crippen MR) is 28.1 cm³/mol. The molecular formula is C4H11KN2. The first-order valence-electron chi connectivity index (χ1n) is 2.12. The van der Waals surface area contributed by atoms with Crippen LogP contribution in [0.1, 0.15) is 0 Å². The summed E-state index contributed by atoms with van der Waals surface area (Å²) >= 11 is 0. The third kappa shape index (κ3) is 11.2. The molecule has 0 fully saturated rings. The van der Waals surface area contributed by atoms with Crippen molar-refractivity contribution in [1.82, 2.24) is 5.32 Å². The fourth-order valence-corrected chi connectivity index (χ4v) is 0.224. The number of hydrogen-bond donors (Lipinski definition) is 1. The molecule has 0 spiro atoms. The number of nitrogens with zero attached hydrogens (tertiary/aromatic N) is 1. The molecule has 38 valence electrons. The largest absolute Gasteiger partial charge is 1.00 e. The van der Waals surface area contributed by atoms with E-state index in [1.807, 2.05) is 14.1 Å². The summed E-state index contributed by atoms with van der Waals surface area (Å²) in [6.45, 7) is 1.92. The van der Waals surface area contributed by atoms with E-state index in [4.69, 9.17) is 0 Å². The van der Waals surface area contributed by atoms with Gasteiger partial charge in [-0.1, -0.05) is 0 Å². The number of nitrogens with one attached hydrogen (secondary N) is 1. The van der Waals surface area contributed by atoms with E-state index in [-0.39, 0.29) is 51.4 Å². The monoisotopic (exact) mass is 126 g/mol. The van der Waals surface area contributed by atoms with Gasteiger partial charge in [-0.3, -0.25) is 0 Å². The van der Waals surface area contributed by atoms with Crippen LogP contribution in [-0.2, 0) is 0 Å². The van der Waals surface area contributed by atoms with E-state index in [1.165, 1.54) is 0 Å². The van der Waals surface area contributed by atoms with Gasteiger partial charge in [0.25, 0.3) is 0 Å². The van der Waals surface area contributed by atoms with E-state index in [0.717, 1.165) is 13.1 Å². The van der Waals surface area contributed by atoms with Crippen molar-refractivity contribution in [3.05, 3.63) is 5.32 Å². The quantitative estimate of drug-likeness (QED) is 0.321. The fourth-order valence-electron chi connectivity index (χ4n) is 0.224. The Balaban J connectivity index is 0. The van der Waals surface area contributed by atoms with Gasteiger partial charge in [-0.05, 0) is 13.6 Å². The van der Waals surface area contributed by atoms with Crippen molar-refractivity contribution in [2.24, 2.45) is 0 Å². The van der Waals surface area contributed by atoms with Gasteiger partial charge in [0.15, 0.2) is 0 Å². The molecule has 0 aliphatic carbocycles. The second-order valence-electron chi connectivity index (χ2n) is 1.14. The summed E-state index contributed by atoms with van der Waals surface area (Å²) in [7, 11) is 3.74. The molecule has 0 saturated carbocycles. The molecule has 0 saturated heterocycles. The van der Waals surface area contributed by atoms with Crippen LogP contribution < -0.4 is 56.7 Å². The van der Waals surface area contributed by atoms with Crippen molar-refractivity contribution in [3.63, 3.8) is 0 Å². The third-order valence-electron chi connectivity index (χ3n) is 0.585. The van der Waals surface area contributed by atoms with Crippen LogP contribution in [0.3, 0.4) is 0 Å². The van der Waals surface area contributed by atoms with E-state index >= 15 is 0 Å². The third-order valence-corrected chi connectivity index (χ3v) is 0.585. The Bertz CT molecular complexity index is 21.7. The topological polar surface area (TPSA) is 26.1 Å². The molecule has 0 unspecified atom stereocenters. The van der Waals surface area contributed by atoms with Gasteiger partial charge in [0, 0.05) is 0 Å². The van der Waals surface area contributed by atoms with Crippen molar-refractivity contribution in [2.75, 3.05) is 27.2 Å². The number of likely N-dealkylation sites (N-methyl/N-ethyl adjacent to an activating group) is 2. The van der Waals surface area contributed by atoms with E-state index in [9.17, 15) is 0 Å². The molecule has 0 atom stereocenters. The maximum absolute atomic E-state index is 3.86. The summed E-state index contributed by atoms with van der Waals surface area (Å²) in [5.74, 6) is 0. The van der Waals surface area contributed by atoms with E-state index < -0.39 is 0 Å². The standard InChI is InChI=1S/C4H11N2.K/c1-5-3-4-6-2;/h5H,3-4H2,1-2H3;/q-1;+1. The van der Waals surface area contributed by atoms with E-state index in [0.29, 0.717) is 0 Å². The van der Waals surface area contributed by atoms with Gasteiger partial charge in [0.1, 0.15) is 0 Å². The Morgan fingerprint density at radius 2 is 2.14 bits per heavy atom. The van der Waals surface area contributed by atoms with Crippen molar-refractivity contribution >= 4 is 0 Å². The zero-order valence-corrected chi connectivity index (χ0v) is 8.48. The maximum atomic E-state index is 3.86. The molecule has 0 heterocycles. The smallest absolute Gasteiger partial charge is 0.664 e. The molecule has 0 radical (unpaired) electrons. The summed E-state index contributed by atoms with van der Waals surface area (Å²) in [5, 5.41) is 6.84. The number of rotatable bonds is 3. The Kier molecular flexibility index (Phi) is 17.1. The average molecular weight is 126 g/mol. The Hall–Kier alpha value is 1.56. The molecule has 0 aliphatic heterocycles. The first kappa shape index (κ1) is 11.4. The van der Waals surface area contributed by atoms with Crippen molar-refractivity contribution in [1.29, 1.82) is 0 Å². The summed E-state index contributed by atoms with van der Waals surface area (Å²) in [6, 6.07) is 0. The summed E-state index contributed by atoms with van der Waals surface area (Å²) < 4.78 is 0. The minimum atomic E-state index is 0.